The summed E-state index contributed by atoms with van der Waals surface area (Å²) in [6, 6.07) is 0. The van der Waals surface area contributed by atoms with Gasteiger partial charge in [-0.1, -0.05) is 32.6 Å². The molecule has 4 fully saturated rings. The van der Waals surface area contributed by atoms with Crippen molar-refractivity contribution >= 4 is 12.1 Å². The van der Waals surface area contributed by atoms with E-state index >= 15 is 0 Å². The van der Waals surface area contributed by atoms with Crippen LogP contribution in [-0.2, 0) is 9.59 Å². The number of hydrogen-bond acceptors (Lipinski definition) is 2. The van der Waals surface area contributed by atoms with Gasteiger partial charge in [-0.05, 0) is 93.3 Å². The second-order valence-corrected chi connectivity index (χ2v) is 11.3. The Kier molecular flexibility index (Phi) is 5.73. The average Bonchev–Trinajstić information content (AvgIpc) is 3.05. The molecule has 0 radical (unpaired) electrons. The summed E-state index contributed by atoms with van der Waals surface area (Å²) in [5.41, 5.74) is 0.778. The second kappa shape index (κ2) is 7.86. The van der Waals surface area contributed by atoms with Crippen molar-refractivity contribution in [1.29, 1.82) is 0 Å². The third kappa shape index (κ3) is 3.23. The van der Waals surface area contributed by atoms with Gasteiger partial charge in [0.15, 0.2) is 0 Å². The van der Waals surface area contributed by atoms with Gasteiger partial charge in [0.2, 0.25) is 0 Å². The number of rotatable bonds is 4. The number of aldehydes is 1. The van der Waals surface area contributed by atoms with Crippen molar-refractivity contribution in [3.63, 3.8) is 0 Å². The van der Waals surface area contributed by atoms with Crippen LogP contribution in [0.5, 0.6) is 0 Å². The molecule has 0 bridgehead atoms. The number of unbranched alkanes of at least 4 members (excludes halogenated alkanes) is 2. The molecule has 0 aromatic heterocycles. The summed E-state index contributed by atoms with van der Waals surface area (Å²) in [7, 11) is 0. The van der Waals surface area contributed by atoms with Crippen LogP contribution in [-0.4, -0.2) is 12.1 Å². The summed E-state index contributed by atoms with van der Waals surface area (Å²) in [5.74, 6) is 10.4. The molecule has 4 aliphatic rings. The predicted octanol–water partition coefficient (Wildman–Crippen LogP) is 6.37. The van der Waals surface area contributed by atoms with Crippen LogP contribution in [0.2, 0.25) is 0 Å². The van der Waals surface area contributed by atoms with E-state index in [2.05, 4.69) is 25.7 Å². The first kappa shape index (κ1) is 21.1. The van der Waals surface area contributed by atoms with Crippen molar-refractivity contribution in [2.24, 2.45) is 39.9 Å². The van der Waals surface area contributed by atoms with E-state index in [-0.39, 0.29) is 10.8 Å². The Hall–Kier alpha value is -1.10. The highest BCUT2D eigenvalue weighted by Gasteiger charge is 2.64. The Balaban J connectivity index is 1.60. The Morgan fingerprint density at radius 1 is 1.00 bits per heavy atom. The lowest BCUT2D eigenvalue weighted by molar-refractivity contribution is -0.143. The minimum atomic E-state index is 0.194. The van der Waals surface area contributed by atoms with Gasteiger partial charge in [0.1, 0.15) is 12.1 Å². The average molecular weight is 397 g/mol. The lowest BCUT2D eigenvalue weighted by atomic mass is 9.40. The minimum absolute atomic E-state index is 0.194. The van der Waals surface area contributed by atoms with Gasteiger partial charge in [-0.25, -0.2) is 0 Å². The lowest BCUT2D eigenvalue weighted by Crippen LogP contribution is -2.57. The van der Waals surface area contributed by atoms with Gasteiger partial charge >= 0.3 is 0 Å². The number of Topliss-reactive ketones (excluding diaryl/α,β-unsaturated/α-hetero) is 1. The van der Waals surface area contributed by atoms with Gasteiger partial charge < -0.3 is 4.79 Å². The molecule has 0 aromatic carbocycles. The molecule has 160 valence electrons. The molecular formula is C27H40O2. The summed E-state index contributed by atoms with van der Waals surface area (Å²) in [6.45, 7) is 6.87. The second-order valence-electron chi connectivity index (χ2n) is 11.3. The largest absolute Gasteiger partial charge is 0.303 e. The van der Waals surface area contributed by atoms with Crippen molar-refractivity contribution < 1.29 is 9.59 Å². The summed E-state index contributed by atoms with van der Waals surface area (Å²) in [4.78, 5) is 23.0. The topological polar surface area (TPSA) is 34.1 Å². The highest BCUT2D eigenvalue weighted by Crippen LogP contribution is 2.70. The molecule has 4 aliphatic carbocycles. The maximum atomic E-state index is 12.4. The molecule has 2 nitrogen and oxygen atoms in total. The minimum Gasteiger partial charge on any atom is -0.303 e. The Morgan fingerprint density at radius 2 is 1.79 bits per heavy atom. The van der Waals surface area contributed by atoms with E-state index in [0.717, 1.165) is 43.3 Å². The molecule has 0 spiro atoms. The van der Waals surface area contributed by atoms with E-state index in [0.29, 0.717) is 23.5 Å². The van der Waals surface area contributed by atoms with Gasteiger partial charge in [0.05, 0.1) is 0 Å². The van der Waals surface area contributed by atoms with Crippen molar-refractivity contribution in [3.05, 3.63) is 0 Å². The molecule has 7 atom stereocenters. The van der Waals surface area contributed by atoms with Gasteiger partial charge in [-0.3, -0.25) is 4.79 Å². The molecule has 0 aromatic rings. The first-order chi connectivity index (χ1) is 13.9. The fourth-order valence-electron chi connectivity index (χ4n) is 8.73. The molecule has 0 N–H and O–H groups in total. The van der Waals surface area contributed by atoms with Crippen LogP contribution >= 0.6 is 0 Å². The van der Waals surface area contributed by atoms with Crippen LogP contribution in [0.3, 0.4) is 0 Å². The van der Waals surface area contributed by atoms with Gasteiger partial charge in [0.25, 0.3) is 0 Å². The molecule has 0 unspecified atom stereocenters. The number of ketones is 1. The standard InChI is InChI=1S/C27H40O2/c1-20(29)22-10-11-23-21-12-18-27(15-6-4-5-9-19-28)16-8-7-14-26(27,3)24(21)13-17-25(22,23)2/h19,21-24H,4-5,7-14,16-18H2,1-3H3/t21-,22+,23-,24-,25+,26+,27-/m0/s1. The summed E-state index contributed by atoms with van der Waals surface area (Å²) in [6.07, 6.45) is 16.2. The summed E-state index contributed by atoms with van der Waals surface area (Å²) in [5, 5.41) is 0. The van der Waals surface area contributed by atoms with Crippen LogP contribution in [0.25, 0.3) is 0 Å². The number of carbonyl (C=O) groups excluding carboxylic acids is 2. The maximum absolute atomic E-state index is 12.4. The van der Waals surface area contributed by atoms with Crippen LogP contribution < -0.4 is 0 Å². The fraction of sp³-hybridized carbons (Fsp3) is 0.852. The monoisotopic (exact) mass is 396 g/mol. The molecular weight excluding hydrogens is 356 g/mol. The molecule has 0 aliphatic heterocycles. The maximum Gasteiger partial charge on any atom is 0.133 e. The van der Waals surface area contributed by atoms with E-state index in [1.54, 1.807) is 0 Å². The highest BCUT2D eigenvalue weighted by atomic mass is 16.1. The number of carbonyl (C=O) groups is 2. The van der Waals surface area contributed by atoms with E-state index in [9.17, 15) is 9.59 Å². The van der Waals surface area contributed by atoms with Crippen molar-refractivity contribution in [2.75, 3.05) is 0 Å². The van der Waals surface area contributed by atoms with E-state index in [4.69, 9.17) is 0 Å². The zero-order valence-electron chi connectivity index (χ0n) is 18.9. The Labute approximate surface area is 178 Å². The highest BCUT2D eigenvalue weighted by molar-refractivity contribution is 5.79. The van der Waals surface area contributed by atoms with E-state index < -0.39 is 0 Å². The van der Waals surface area contributed by atoms with Crippen LogP contribution in [0.15, 0.2) is 0 Å². The van der Waals surface area contributed by atoms with E-state index in [1.807, 2.05) is 6.92 Å². The molecule has 0 saturated heterocycles. The molecule has 29 heavy (non-hydrogen) atoms. The third-order valence-corrected chi connectivity index (χ3v) is 10.2. The number of hydrogen-bond donors (Lipinski definition) is 0. The Bertz CT molecular complexity index is 714. The molecule has 4 rings (SSSR count). The lowest BCUT2D eigenvalue weighted by Gasteiger charge is -2.64. The third-order valence-electron chi connectivity index (χ3n) is 10.2. The molecule has 4 saturated carbocycles. The van der Waals surface area contributed by atoms with Crippen LogP contribution in [0, 0.1) is 51.8 Å². The molecule has 2 heteroatoms. The van der Waals surface area contributed by atoms with Crippen molar-refractivity contribution in [2.45, 2.75) is 104 Å². The van der Waals surface area contributed by atoms with Crippen LogP contribution in [0.4, 0.5) is 0 Å². The first-order valence-corrected chi connectivity index (χ1v) is 12.3. The zero-order valence-corrected chi connectivity index (χ0v) is 18.9. The summed E-state index contributed by atoms with van der Waals surface area (Å²) >= 11 is 0. The summed E-state index contributed by atoms with van der Waals surface area (Å²) < 4.78 is 0. The number of fused-ring (bicyclic) bond motifs is 5. The van der Waals surface area contributed by atoms with Crippen molar-refractivity contribution in [3.8, 4) is 11.8 Å². The molecule has 0 amide bonds. The van der Waals surface area contributed by atoms with Gasteiger partial charge in [-0.15, -0.1) is 5.92 Å². The smallest absolute Gasteiger partial charge is 0.133 e. The van der Waals surface area contributed by atoms with Gasteiger partial charge in [-0.2, -0.15) is 0 Å². The zero-order chi connectivity index (χ0) is 20.7. The SMILES string of the molecule is CC(=O)[C@H]1CC[C@H]2[C@@H]3CC[C@]4(C#CCCCC=O)CCCC[C@]4(C)[C@H]3CC[C@]12C. The van der Waals surface area contributed by atoms with E-state index in [1.165, 1.54) is 57.8 Å². The van der Waals surface area contributed by atoms with Crippen LogP contribution in [0.1, 0.15) is 104 Å². The first-order valence-electron chi connectivity index (χ1n) is 12.3. The predicted molar refractivity (Wildman–Crippen MR) is 117 cm³/mol. The normalized spacial score (nSPS) is 45.9. The van der Waals surface area contributed by atoms with Gasteiger partial charge in [0, 0.05) is 24.2 Å². The molecule has 0 heterocycles. The fourth-order valence-corrected chi connectivity index (χ4v) is 8.73. The quantitative estimate of drug-likeness (QED) is 0.314. The Morgan fingerprint density at radius 3 is 2.55 bits per heavy atom. The van der Waals surface area contributed by atoms with Crippen molar-refractivity contribution in [1.82, 2.24) is 0 Å².